The van der Waals surface area contributed by atoms with E-state index >= 15 is 0 Å². The van der Waals surface area contributed by atoms with Crippen molar-refractivity contribution in [2.45, 2.75) is 27.7 Å². The van der Waals surface area contributed by atoms with Gasteiger partial charge in [0.05, 0.1) is 0 Å². The highest BCUT2D eigenvalue weighted by Gasteiger charge is 1.76. The molecule has 0 saturated heterocycles. The Hall–Kier alpha value is -0.370. The monoisotopic (exact) mass is 120 g/mol. The molecular weight excluding hydrogens is 104 g/mol. The molecule has 0 saturated carbocycles. The Balaban J connectivity index is -0.0000000750. The fourth-order valence-corrected chi connectivity index (χ4v) is 0. The van der Waals surface area contributed by atoms with E-state index in [0.29, 0.717) is 6.42 Å². The third-order valence-electron chi connectivity index (χ3n) is 0.498. The van der Waals surface area contributed by atoms with Gasteiger partial charge in [-0.3, -0.25) is 0 Å². The first-order valence-corrected chi connectivity index (χ1v) is 2.21. The number of Topliss-reactive ketones (excluding diaryl/α,β-unsaturated/α-hetero) is 1. The zero-order valence-corrected chi connectivity index (χ0v) is 5.06. The van der Waals surface area contributed by atoms with Gasteiger partial charge < -0.3 is 9.90 Å². The van der Waals surface area contributed by atoms with Crippen LogP contribution in [0.4, 0.5) is 0 Å². The molecule has 0 unspecified atom stereocenters. The van der Waals surface area contributed by atoms with Crippen LogP contribution in [0.5, 0.6) is 0 Å². The second-order valence-corrected chi connectivity index (χ2v) is 1.06. The summed E-state index contributed by atoms with van der Waals surface area (Å²) in [6, 6.07) is 0. The summed E-state index contributed by atoms with van der Waals surface area (Å²) in [5, 5.41) is 7.00. The zero-order chi connectivity index (χ0) is 6.28. The summed E-state index contributed by atoms with van der Waals surface area (Å²) >= 11 is 0. The van der Waals surface area contributed by atoms with Gasteiger partial charge in [0.25, 0.3) is 0 Å². The number of carbonyl (C=O) groups excluding carboxylic acids is 1. The first-order valence-electron chi connectivity index (χ1n) is 2.21. The molecule has 0 aliphatic carbocycles. The number of carbonyl (C=O) groups is 1. The minimum Gasteiger partial charge on any atom is -0.400 e. The number of aliphatic hydroxyl groups is 1. The number of aliphatic hydroxyl groups excluding tert-OH is 1. The average Bonchev–Trinajstić information content (AvgIpc) is 1.73. The third kappa shape index (κ3) is 45.4. The van der Waals surface area contributed by atoms with Crippen LogP contribution in [0.3, 0.4) is 0 Å². The Bertz CT molecular complexity index is 41.8. The lowest BCUT2D eigenvalue weighted by atomic mass is 10.4. The summed E-state index contributed by atoms with van der Waals surface area (Å²) < 4.78 is 0. The third-order valence-corrected chi connectivity index (χ3v) is 0.498. The SMILES string of the molecule is C.CCC(C)=O.CO. The van der Waals surface area contributed by atoms with Crippen LogP contribution in [0.2, 0.25) is 0 Å². The van der Waals surface area contributed by atoms with Crippen LogP contribution in [0.15, 0.2) is 0 Å². The molecule has 0 radical (unpaired) electrons. The van der Waals surface area contributed by atoms with E-state index in [-0.39, 0.29) is 13.2 Å². The van der Waals surface area contributed by atoms with Crippen molar-refractivity contribution < 1.29 is 9.90 Å². The molecule has 1 N–H and O–H groups in total. The second-order valence-electron chi connectivity index (χ2n) is 1.06. The van der Waals surface area contributed by atoms with Crippen LogP contribution in [0.1, 0.15) is 27.7 Å². The van der Waals surface area contributed by atoms with Crippen molar-refractivity contribution in [1.82, 2.24) is 0 Å². The molecule has 0 fully saturated rings. The smallest absolute Gasteiger partial charge is 0.129 e. The molecule has 0 bridgehead atoms. The molecule has 0 amide bonds. The summed E-state index contributed by atoms with van der Waals surface area (Å²) in [4.78, 5) is 9.81. The summed E-state index contributed by atoms with van der Waals surface area (Å²) in [6.45, 7) is 3.43. The molecule has 0 atom stereocenters. The van der Waals surface area contributed by atoms with Gasteiger partial charge >= 0.3 is 0 Å². The molecule has 2 nitrogen and oxygen atoms in total. The van der Waals surface area contributed by atoms with Crippen LogP contribution < -0.4 is 0 Å². The Morgan fingerprint density at radius 3 is 1.62 bits per heavy atom. The maximum absolute atomic E-state index is 9.81. The van der Waals surface area contributed by atoms with Crippen LogP contribution in [-0.2, 0) is 4.79 Å². The summed E-state index contributed by atoms with van der Waals surface area (Å²) in [5.74, 6) is 0.255. The van der Waals surface area contributed by atoms with E-state index in [9.17, 15) is 4.79 Å². The van der Waals surface area contributed by atoms with Gasteiger partial charge in [-0.05, 0) is 6.92 Å². The van der Waals surface area contributed by atoms with Gasteiger partial charge in [0.1, 0.15) is 5.78 Å². The van der Waals surface area contributed by atoms with Crippen LogP contribution >= 0.6 is 0 Å². The first-order chi connectivity index (χ1) is 3.27. The average molecular weight is 120 g/mol. The van der Waals surface area contributed by atoms with Gasteiger partial charge in [-0.1, -0.05) is 14.4 Å². The summed E-state index contributed by atoms with van der Waals surface area (Å²) in [6.07, 6.45) is 0.667. The minimum atomic E-state index is 0. The molecule has 0 rings (SSSR count). The lowest BCUT2D eigenvalue weighted by Crippen LogP contribution is -1.80. The summed E-state index contributed by atoms with van der Waals surface area (Å²) in [7, 11) is 1.00. The molecule has 0 aromatic carbocycles. The molecule has 0 heterocycles. The highest BCUT2D eigenvalue weighted by molar-refractivity contribution is 5.74. The molecule has 2 heteroatoms. The Morgan fingerprint density at radius 1 is 1.50 bits per heavy atom. The van der Waals surface area contributed by atoms with Crippen molar-refractivity contribution in [3.63, 3.8) is 0 Å². The van der Waals surface area contributed by atoms with Gasteiger partial charge in [0, 0.05) is 13.5 Å². The zero-order valence-electron chi connectivity index (χ0n) is 5.06. The number of rotatable bonds is 1. The van der Waals surface area contributed by atoms with Crippen molar-refractivity contribution in [2.75, 3.05) is 7.11 Å². The molecule has 0 aliphatic heterocycles. The molecule has 8 heavy (non-hydrogen) atoms. The second kappa shape index (κ2) is 15.9. The minimum absolute atomic E-state index is 0. The summed E-state index contributed by atoms with van der Waals surface area (Å²) in [5.41, 5.74) is 0. The predicted octanol–water partition coefficient (Wildman–Crippen LogP) is 1.23. The highest BCUT2D eigenvalue weighted by Crippen LogP contribution is 1.71. The van der Waals surface area contributed by atoms with Gasteiger partial charge in [-0.25, -0.2) is 0 Å². The van der Waals surface area contributed by atoms with E-state index in [0.717, 1.165) is 7.11 Å². The molecule has 52 valence electrons. The van der Waals surface area contributed by atoms with Gasteiger partial charge in [0.15, 0.2) is 0 Å². The first kappa shape index (κ1) is 15.6. The van der Waals surface area contributed by atoms with Crippen LogP contribution in [0.25, 0.3) is 0 Å². The van der Waals surface area contributed by atoms with Gasteiger partial charge in [-0.15, -0.1) is 0 Å². The van der Waals surface area contributed by atoms with Gasteiger partial charge in [-0.2, -0.15) is 0 Å². The highest BCUT2D eigenvalue weighted by atomic mass is 16.2. The largest absolute Gasteiger partial charge is 0.400 e. The van der Waals surface area contributed by atoms with E-state index in [4.69, 9.17) is 5.11 Å². The van der Waals surface area contributed by atoms with Crippen molar-refractivity contribution in [1.29, 1.82) is 0 Å². The van der Waals surface area contributed by atoms with Crippen molar-refractivity contribution in [2.24, 2.45) is 0 Å². The van der Waals surface area contributed by atoms with E-state index in [1.54, 1.807) is 6.92 Å². The maximum Gasteiger partial charge on any atom is 0.129 e. The molecule has 0 aromatic heterocycles. The number of ketones is 1. The van der Waals surface area contributed by atoms with Crippen molar-refractivity contribution in [3.8, 4) is 0 Å². The molecule has 0 aliphatic rings. The Morgan fingerprint density at radius 2 is 1.62 bits per heavy atom. The van der Waals surface area contributed by atoms with E-state index < -0.39 is 0 Å². The fourth-order valence-electron chi connectivity index (χ4n) is 0. The lowest BCUT2D eigenvalue weighted by molar-refractivity contribution is -0.116. The molecular formula is C6H16O2. The molecule has 0 spiro atoms. The van der Waals surface area contributed by atoms with E-state index in [2.05, 4.69) is 0 Å². The number of hydrogen-bond acceptors (Lipinski definition) is 2. The predicted molar refractivity (Wildman–Crippen MR) is 35.8 cm³/mol. The number of hydrogen-bond donors (Lipinski definition) is 1. The van der Waals surface area contributed by atoms with E-state index in [1.807, 2.05) is 6.92 Å². The van der Waals surface area contributed by atoms with Gasteiger partial charge in [0.2, 0.25) is 0 Å². The quantitative estimate of drug-likeness (QED) is 0.565. The van der Waals surface area contributed by atoms with Crippen LogP contribution in [0, 0.1) is 0 Å². The standard InChI is InChI=1S/C4H8O.CH4O.CH4/c1-3-4(2)5;1-2;/h3H2,1-2H3;2H,1H3;1H4. The topological polar surface area (TPSA) is 37.3 Å². The van der Waals surface area contributed by atoms with Crippen molar-refractivity contribution in [3.05, 3.63) is 0 Å². The Kier molecular flexibility index (Phi) is 31.2. The van der Waals surface area contributed by atoms with Crippen molar-refractivity contribution >= 4 is 5.78 Å². The lowest BCUT2D eigenvalue weighted by Gasteiger charge is -1.71. The fraction of sp³-hybridized carbons (Fsp3) is 0.833. The Labute approximate surface area is 51.5 Å². The maximum atomic E-state index is 9.81. The normalized spacial score (nSPS) is 5.50. The van der Waals surface area contributed by atoms with E-state index in [1.165, 1.54) is 0 Å². The molecule has 0 aromatic rings. The van der Waals surface area contributed by atoms with Crippen LogP contribution in [-0.4, -0.2) is 18.0 Å².